The highest BCUT2D eigenvalue weighted by Crippen LogP contribution is 2.48. The topological polar surface area (TPSA) is 144 Å². The number of hydrogen-bond donors (Lipinski definition) is 2. The fourth-order valence-electron chi connectivity index (χ4n) is 5.06. The zero-order valence-corrected chi connectivity index (χ0v) is 28.0. The van der Waals surface area contributed by atoms with Crippen molar-refractivity contribution in [3.05, 3.63) is 16.7 Å². The van der Waals surface area contributed by atoms with Crippen LogP contribution in [0.3, 0.4) is 0 Å². The van der Waals surface area contributed by atoms with E-state index in [9.17, 15) is 13.8 Å². The number of hydrogen-bond acceptors (Lipinski definition) is 9. The molecule has 0 radical (unpaired) electrons. The Kier molecular flexibility index (Phi) is 20.5. The van der Waals surface area contributed by atoms with E-state index in [-0.39, 0.29) is 43.5 Å². The van der Waals surface area contributed by atoms with Gasteiger partial charge in [-0.15, -0.1) is 0 Å². The molecule has 2 aromatic rings. The SMILES string of the molecule is CCCCCCCCCCCCCCCCCCOCCOP(=O)(COC(CF)Cn1cnc2c(=O)[nH]c(N)nc21)OCC. The summed E-state index contributed by atoms with van der Waals surface area (Å²) in [7, 11) is -3.62. The number of halogens is 1. The summed E-state index contributed by atoms with van der Waals surface area (Å²) < 4.78 is 50.4. The number of aromatic nitrogens is 4. The molecule has 2 rings (SSSR count). The Morgan fingerprint density at radius 1 is 0.886 bits per heavy atom. The van der Waals surface area contributed by atoms with Gasteiger partial charge in [-0.1, -0.05) is 103 Å². The molecule has 2 unspecified atom stereocenters. The molecule has 0 spiro atoms. The smallest absolute Gasteiger partial charge is 0.356 e. The first kappa shape index (κ1) is 38.3. The Hall–Kier alpha value is -1.85. The van der Waals surface area contributed by atoms with E-state index >= 15 is 0 Å². The minimum absolute atomic E-state index is 0.0164. The highest BCUT2D eigenvalue weighted by Gasteiger charge is 2.27. The summed E-state index contributed by atoms with van der Waals surface area (Å²) in [6, 6.07) is 0. The summed E-state index contributed by atoms with van der Waals surface area (Å²) in [4.78, 5) is 22.4. The summed E-state index contributed by atoms with van der Waals surface area (Å²) in [6.07, 6.45) is 21.1. The van der Waals surface area contributed by atoms with Gasteiger partial charge in [-0.05, 0) is 13.3 Å². The van der Waals surface area contributed by atoms with Gasteiger partial charge in [-0.25, -0.2) is 9.37 Å². The molecule has 0 saturated carbocycles. The van der Waals surface area contributed by atoms with Crippen molar-refractivity contribution < 1.29 is 27.5 Å². The number of ether oxygens (including phenoxy) is 2. The average molecular weight is 646 g/mol. The molecule has 0 fully saturated rings. The lowest BCUT2D eigenvalue weighted by atomic mass is 10.0. The van der Waals surface area contributed by atoms with Crippen molar-refractivity contribution in [1.29, 1.82) is 0 Å². The maximum atomic E-state index is 13.8. The van der Waals surface area contributed by atoms with Crippen LogP contribution in [0.25, 0.3) is 11.2 Å². The van der Waals surface area contributed by atoms with E-state index in [4.69, 9.17) is 24.3 Å². The van der Waals surface area contributed by atoms with Gasteiger partial charge in [-0.3, -0.25) is 14.3 Å². The van der Waals surface area contributed by atoms with Gasteiger partial charge in [0.25, 0.3) is 5.56 Å². The van der Waals surface area contributed by atoms with Crippen molar-refractivity contribution in [2.45, 2.75) is 129 Å². The van der Waals surface area contributed by atoms with Crippen LogP contribution in [0.1, 0.15) is 117 Å². The van der Waals surface area contributed by atoms with Gasteiger partial charge >= 0.3 is 7.60 Å². The number of nitrogens with zero attached hydrogens (tertiary/aromatic N) is 3. The van der Waals surface area contributed by atoms with E-state index in [0.717, 1.165) is 12.8 Å². The first-order valence-corrected chi connectivity index (χ1v) is 18.5. The Balaban J connectivity index is 1.50. The van der Waals surface area contributed by atoms with Gasteiger partial charge in [0, 0.05) is 6.61 Å². The third kappa shape index (κ3) is 15.9. The van der Waals surface area contributed by atoms with E-state index in [1.54, 1.807) is 6.92 Å². The molecule has 0 bridgehead atoms. The predicted octanol–water partition coefficient (Wildman–Crippen LogP) is 7.54. The van der Waals surface area contributed by atoms with Crippen LogP contribution < -0.4 is 11.3 Å². The number of unbranched alkanes of at least 4 members (excludes halogenated alkanes) is 15. The molecule has 13 heteroatoms. The van der Waals surface area contributed by atoms with Crippen molar-refractivity contribution in [2.75, 3.05) is 45.2 Å². The second-order valence-electron chi connectivity index (χ2n) is 11.4. The number of aromatic amines is 1. The maximum Gasteiger partial charge on any atom is 0.356 e. The van der Waals surface area contributed by atoms with Crippen LogP contribution in [0.2, 0.25) is 0 Å². The van der Waals surface area contributed by atoms with Crippen molar-refractivity contribution >= 4 is 24.7 Å². The van der Waals surface area contributed by atoms with Gasteiger partial charge in [0.2, 0.25) is 5.95 Å². The Morgan fingerprint density at radius 2 is 1.48 bits per heavy atom. The molecular formula is C31H57FN5O6P. The van der Waals surface area contributed by atoms with E-state index in [0.29, 0.717) is 6.61 Å². The molecule has 2 heterocycles. The monoisotopic (exact) mass is 645 g/mol. The largest absolute Gasteiger partial charge is 0.379 e. The molecular weight excluding hydrogens is 588 g/mol. The molecule has 0 aromatic carbocycles. The van der Waals surface area contributed by atoms with Crippen molar-refractivity contribution in [1.82, 2.24) is 19.5 Å². The molecule has 3 N–H and O–H groups in total. The summed E-state index contributed by atoms with van der Waals surface area (Å²) in [6.45, 7) is 4.22. The van der Waals surface area contributed by atoms with Crippen molar-refractivity contribution in [2.24, 2.45) is 0 Å². The van der Waals surface area contributed by atoms with Crippen LogP contribution in [0.15, 0.2) is 11.1 Å². The average Bonchev–Trinajstić information content (AvgIpc) is 3.41. The fraction of sp³-hybridized carbons (Fsp3) is 0.839. The Morgan fingerprint density at radius 3 is 2.05 bits per heavy atom. The predicted molar refractivity (Wildman–Crippen MR) is 174 cm³/mol. The second kappa shape index (κ2) is 23.5. The third-order valence-corrected chi connectivity index (χ3v) is 9.21. The Labute approximate surface area is 262 Å². The Bertz CT molecular complexity index is 1120. The molecule has 0 saturated heterocycles. The fourth-order valence-corrected chi connectivity index (χ4v) is 6.43. The maximum absolute atomic E-state index is 13.8. The molecule has 44 heavy (non-hydrogen) atoms. The van der Waals surface area contributed by atoms with Crippen molar-refractivity contribution in [3.8, 4) is 0 Å². The number of fused-ring (bicyclic) bond motifs is 1. The molecule has 0 aliphatic carbocycles. The first-order valence-electron chi connectivity index (χ1n) is 16.8. The van der Waals surface area contributed by atoms with Gasteiger partial charge in [0.15, 0.2) is 11.2 Å². The number of H-pyrrole nitrogens is 1. The quantitative estimate of drug-likeness (QED) is 0.0677. The zero-order valence-electron chi connectivity index (χ0n) is 27.1. The van der Waals surface area contributed by atoms with Gasteiger partial charge < -0.3 is 28.8 Å². The normalized spacial score (nSPS) is 13.9. The number of nitrogens with two attached hydrogens (primary N) is 1. The van der Waals surface area contributed by atoms with Gasteiger partial charge in [0.05, 0.1) is 32.7 Å². The van der Waals surface area contributed by atoms with Crippen LogP contribution in [0, 0.1) is 0 Å². The second-order valence-corrected chi connectivity index (χ2v) is 13.4. The molecule has 0 aliphatic rings. The lowest BCUT2D eigenvalue weighted by molar-refractivity contribution is 0.0333. The highest BCUT2D eigenvalue weighted by molar-refractivity contribution is 7.53. The third-order valence-electron chi connectivity index (χ3n) is 7.52. The molecule has 2 aromatic heterocycles. The van der Waals surface area contributed by atoms with E-state index in [2.05, 4.69) is 21.9 Å². The summed E-state index contributed by atoms with van der Waals surface area (Å²) in [5.74, 6) is -0.0757. The van der Waals surface area contributed by atoms with Gasteiger partial charge in [-0.2, -0.15) is 4.98 Å². The van der Waals surface area contributed by atoms with E-state index in [1.165, 1.54) is 101 Å². The minimum atomic E-state index is -3.62. The van der Waals surface area contributed by atoms with Crippen LogP contribution >= 0.6 is 7.60 Å². The first-order chi connectivity index (χ1) is 21.4. The van der Waals surface area contributed by atoms with E-state index in [1.807, 2.05) is 0 Å². The van der Waals surface area contributed by atoms with Gasteiger partial charge in [0.1, 0.15) is 19.1 Å². The summed E-state index contributed by atoms with van der Waals surface area (Å²) >= 11 is 0. The molecule has 0 amide bonds. The van der Waals surface area contributed by atoms with Crippen LogP contribution in [0.4, 0.5) is 10.3 Å². The number of alkyl halides is 1. The minimum Gasteiger partial charge on any atom is -0.379 e. The number of nitrogens with one attached hydrogen (secondary N) is 1. The summed E-state index contributed by atoms with van der Waals surface area (Å²) in [5, 5.41) is 0. The molecule has 254 valence electrons. The number of rotatable bonds is 29. The number of imidazole rings is 1. The van der Waals surface area contributed by atoms with Crippen LogP contribution in [-0.4, -0.2) is 65.1 Å². The molecule has 2 atom stereocenters. The van der Waals surface area contributed by atoms with Crippen LogP contribution in [0.5, 0.6) is 0 Å². The highest BCUT2D eigenvalue weighted by atomic mass is 31.2. The molecule has 11 nitrogen and oxygen atoms in total. The lowest BCUT2D eigenvalue weighted by Crippen LogP contribution is -2.24. The standard InChI is InChI=1S/C31H57FN5O6P/c1-3-5-6-7-8-9-10-11-12-13-14-15-16-17-18-19-20-40-21-22-43-44(39,42-4-2)26-41-27(23-32)24-37-25-34-28-29(37)35-31(33)36-30(28)38/h25,27H,3-24,26H2,1-2H3,(H3,33,35,36,38). The number of anilines is 1. The number of nitrogen functional groups attached to an aromatic ring is 1. The van der Waals surface area contributed by atoms with Crippen molar-refractivity contribution in [3.63, 3.8) is 0 Å². The lowest BCUT2D eigenvalue weighted by Gasteiger charge is -2.21. The zero-order chi connectivity index (χ0) is 31.9. The summed E-state index contributed by atoms with van der Waals surface area (Å²) in [5.41, 5.74) is 5.42. The van der Waals surface area contributed by atoms with Crippen LogP contribution in [-0.2, 0) is 29.6 Å². The molecule has 0 aliphatic heterocycles. The van der Waals surface area contributed by atoms with E-state index < -0.39 is 32.3 Å².